The van der Waals surface area contributed by atoms with Crippen LogP contribution in [0.1, 0.15) is 30.5 Å². The zero-order valence-electron chi connectivity index (χ0n) is 16.8. The molecule has 2 N–H and O–H groups in total. The topological polar surface area (TPSA) is 48.9 Å². The lowest BCUT2D eigenvalue weighted by molar-refractivity contribution is -0.0174. The molecular formula is C20H35IN4O. The Bertz CT molecular complexity index is 559. The number of halogens is 1. The van der Waals surface area contributed by atoms with E-state index in [2.05, 4.69) is 66.4 Å². The molecule has 1 saturated heterocycles. The largest absolute Gasteiger partial charge is 0.379 e. The Morgan fingerprint density at radius 1 is 1.27 bits per heavy atom. The van der Waals surface area contributed by atoms with Crippen molar-refractivity contribution < 1.29 is 4.74 Å². The molecule has 2 atom stereocenters. The van der Waals surface area contributed by atoms with Gasteiger partial charge in [0, 0.05) is 38.8 Å². The van der Waals surface area contributed by atoms with Crippen LogP contribution in [0.25, 0.3) is 0 Å². The van der Waals surface area contributed by atoms with E-state index in [9.17, 15) is 0 Å². The van der Waals surface area contributed by atoms with Crippen LogP contribution in [0.5, 0.6) is 0 Å². The molecule has 26 heavy (non-hydrogen) atoms. The first-order chi connectivity index (χ1) is 12.0. The van der Waals surface area contributed by atoms with Crippen LogP contribution in [-0.2, 0) is 11.2 Å². The normalized spacial score (nSPS) is 19.6. The molecule has 0 amide bonds. The molecule has 1 fully saturated rings. The van der Waals surface area contributed by atoms with E-state index >= 15 is 0 Å². The summed E-state index contributed by atoms with van der Waals surface area (Å²) in [6, 6.07) is 7.66. The van der Waals surface area contributed by atoms with Gasteiger partial charge < -0.3 is 15.4 Å². The second kappa shape index (κ2) is 11.8. The van der Waals surface area contributed by atoms with Gasteiger partial charge in [0.25, 0.3) is 0 Å². The number of rotatable bonds is 6. The van der Waals surface area contributed by atoms with Gasteiger partial charge in [-0.05, 0) is 39.7 Å². The Hall–Kier alpha value is -0.860. The number of nitrogens with one attached hydrogen (secondary N) is 2. The summed E-state index contributed by atoms with van der Waals surface area (Å²) in [5, 5.41) is 6.87. The van der Waals surface area contributed by atoms with Crippen LogP contribution < -0.4 is 10.6 Å². The minimum Gasteiger partial charge on any atom is -0.379 e. The summed E-state index contributed by atoms with van der Waals surface area (Å²) in [6.07, 6.45) is 0.999. The molecule has 2 unspecified atom stereocenters. The highest BCUT2D eigenvalue weighted by Gasteiger charge is 2.23. The number of nitrogens with zero attached hydrogens (tertiary/aromatic N) is 2. The van der Waals surface area contributed by atoms with Crippen molar-refractivity contribution in [1.82, 2.24) is 15.5 Å². The molecule has 148 valence electrons. The lowest BCUT2D eigenvalue weighted by Crippen LogP contribution is -2.53. The van der Waals surface area contributed by atoms with Gasteiger partial charge in [0.1, 0.15) is 0 Å². The van der Waals surface area contributed by atoms with Crippen molar-refractivity contribution >= 4 is 29.9 Å². The second-order valence-electron chi connectivity index (χ2n) is 7.14. The Kier molecular flexibility index (Phi) is 10.5. The van der Waals surface area contributed by atoms with Crippen LogP contribution in [0.3, 0.4) is 0 Å². The summed E-state index contributed by atoms with van der Waals surface area (Å²) in [5.41, 5.74) is 4.02. The van der Waals surface area contributed by atoms with Gasteiger partial charge in [0.05, 0.1) is 13.2 Å². The maximum atomic E-state index is 5.52. The minimum absolute atomic E-state index is 0. The fraction of sp³-hybridized carbons (Fsp3) is 0.650. The van der Waals surface area contributed by atoms with E-state index in [0.717, 1.165) is 45.2 Å². The lowest BCUT2D eigenvalue weighted by Gasteiger charge is -2.38. The maximum absolute atomic E-state index is 5.52. The number of aryl methyl sites for hydroxylation is 2. The summed E-state index contributed by atoms with van der Waals surface area (Å²) < 4.78 is 5.52. The molecule has 0 radical (unpaired) electrons. The highest BCUT2D eigenvalue weighted by atomic mass is 127. The van der Waals surface area contributed by atoms with Crippen LogP contribution in [0.2, 0.25) is 0 Å². The monoisotopic (exact) mass is 474 g/mol. The highest BCUT2D eigenvalue weighted by Crippen LogP contribution is 2.10. The van der Waals surface area contributed by atoms with Gasteiger partial charge in [-0.2, -0.15) is 0 Å². The molecule has 1 heterocycles. The zero-order valence-corrected chi connectivity index (χ0v) is 19.2. The first-order valence-electron chi connectivity index (χ1n) is 9.34. The van der Waals surface area contributed by atoms with E-state index in [0.29, 0.717) is 12.1 Å². The van der Waals surface area contributed by atoms with Crippen molar-refractivity contribution in [2.24, 2.45) is 4.99 Å². The van der Waals surface area contributed by atoms with E-state index in [-0.39, 0.29) is 24.0 Å². The first-order valence-corrected chi connectivity index (χ1v) is 9.34. The average molecular weight is 474 g/mol. The molecular weight excluding hydrogens is 439 g/mol. The van der Waals surface area contributed by atoms with Crippen LogP contribution in [0.4, 0.5) is 0 Å². The van der Waals surface area contributed by atoms with Crippen molar-refractivity contribution in [1.29, 1.82) is 0 Å². The Morgan fingerprint density at radius 3 is 2.58 bits per heavy atom. The SMILES string of the molecule is CN=C(NCCc1cc(C)cc(C)c1)NCC(C)N1CCOCC1C.I. The van der Waals surface area contributed by atoms with Gasteiger partial charge in [-0.25, -0.2) is 0 Å². The van der Waals surface area contributed by atoms with Gasteiger partial charge >= 0.3 is 0 Å². The molecule has 1 aliphatic heterocycles. The van der Waals surface area contributed by atoms with E-state index < -0.39 is 0 Å². The van der Waals surface area contributed by atoms with Gasteiger partial charge in [-0.3, -0.25) is 9.89 Å². The molecule has 6 heteroatoms. The molecule has 0 aromatic heterocycles. The summed E-state index contributed by atoms with van der Waals surface area (Å²) in [5.74, 6) is 0.872. The van der Waals surface area contributed by atoms with Crippen LogP contribution in [-0.4, -0.2) is 62.8 Å². The van der Waals surface area contributed by atoms with Crippen molar-refractivity contribution in [3.63, 3.8) is 0 Å². The molecule has 5 nitrogen and oxygen atoms in total. The van der Waals surface area contributed by atoms with Crippen LogP contribution >= 0.6 is 24.0 Å². The standard InChI is InChI=1S/C20H34N4O.HI/c1-15-10-16(2)12-19(11-15)6-7-22-20(21-5)23-13-17(3)24-8-9-25-14-18(24)4;/h10-12,17-18H,6-9,13-14H2,1-5H3,(H2,21,22,23);1H. The summed E-state index contributed by atoms with van der Waals surface area (Å²) >= 11 is 0. The van der Waals surface area contributed by atoms with Gasteiger partial charge in [0.2, 0.25) is 0 Å². The second-order valence-corrected chi connectivity index (χ2v) is 7.14. The van der Waals surface area contributed by atoms with E-state index in [1.807, 2.05) is 7.05 Å². The van der Waals surface area contributed by atoms with Crippen LogP contribution in [0, 0.1) is 13.8 Å². The van der Waals surface area contributed by atoms with Gasteiger partial charge in [-0.1, -0.05) is 29.3 Å². The van der Waals surface area contributed by atoms with Crippen molar-refractivity contribution in [2.45, 2.75) is 46.2 Å². The third-order valence-corrected chi connectivity index (χ3v) is 4.76. The molecule has 1 aromatic rings. The fourth-order valence-corrected chi connectivity index (χ4v) is 3.52. The predicted octanol–water partition coefficient (Wildman–Crippen LogP) is 2.74. The molecule has 1 aliphatic rings. The maximum Gasteiger partial charge on any atom is 0.191 e. The molecule has 0 spiro atoms. The molecule has 0 aliphatic carbocycles. The quantitative estimate of drug-likeness (QED) is 0.378. The third kappa shape index (κ3) is 7.40. The predicted molar refractivity (Wildman–Crippen MR) is 121 cm³/mol. The number of morpholine rings is 1. The number of aliphatic imine (C=N–C) groups is 1. The van der Waals surface area contributed by atoms with E-state index in [1.165, 1.54) is 16.7 Å². The number of hydrogen-bond donors (Lipinski definition) is 2. The highest BCUT2D eigenvalue weighted by molar-refractivity contribution is 14.0. The number of guanidine groups is 1. The zero-order chi connectivity index (χ0) is 18.2. The average Bonchev–Trinajstić information content (AvgIpc) is 2.57. The number of hydrogen-bond acceptors (Lipinski definition) is 3. The summed E-state index contributed by atoms with van der Waals surface area (Å²) in [6.45, 7) is 13.2. The Morgan fingerprint density at radius 2 is 1.96 bits per heavy atom. The smallest absolute Gasteiger partial charge is 0.191 e. The van der Waals surface area contributed by atoms with Crippen LogP contribution in [0.15, 0.2) is 23.2 Å². The fourth-order valence-electron chi connectivity index (χ4n) is 3.52. The Labute approximate surface area is 176 Å². The van der Waals surface area contributed by atoms with Gasteiger partial charge in [-0.15, -0.1) is 24.0 Å². The molecule has 2 rings (SSSR count). The van der Waals surface area contributed by atoms with Crippen molar-refractivity contribution in [3.05, 3.63) is 34.9 Å². The lowest BCUT2D eigenvalue weighted by atomic mass is 10.1. The molecule has 0 saturated carbocycles. The Balaban J connectivity index is 0.00000338. The van der Waals surface area contributed by atoms with Gasteiger partial charge in [0.15, 0.2) is 5.96 Å². The van der Waals surface area contributed by atoms with Crippen molar-refractivity contribution in [3.8, 4) is 0 Å². The molecule has 0 bridgehead atoms. The first kappa shape index (κ1) is 23.2. The van der Waals surface area contributed by atoms with Crippen molar-refractivity contribution in [2.75, 3.05) is 39.9 Å². The minimum atomic E-state index is 0. The number of ether oxygens (including phenoxy) is 1. The van der Waals surface area contributed by atoms with E-state index in [1.54, 1.807) is 0 Å². The summed E-state index contributed by atoms with van der Waals surface area (Å²) in [4.78, 5) is 6.84. The van der Waals surface area contributed by atoms with E-state index in [4.69, 9.17) is 4.74 Å². The molecule has 1 aromatic carbocycles. The summed E-state index contributed by atoms with van der Waals surface area (Å²) in [7, 11) is 1.83. The third-order valence-electron chi connectivity index (χ3n) is 4.76. The number of benzene rings is 1.